The highest BCUT2D eigenvalue weighted by Gasteiger charge is 2.44. The van der Waals surface area contributed by atoms with Crippen LogP contribution in [-0.2, 0) is 16.1 Å². The number of nitrogens with zero attached hydrogens (tertiary/aromatic N) is 3. The van der Waals surface area contributed by atoms with Crippen molar-refractivity contribution in [2.24, 2.45) is 0 Å². The summed E-state index contributed by atoms with van der Waals surface area (Å²) < 4.78 is 0. The molecule has 7 heteroatoms. The van der Waals surface area contributed by atoms with Crippen LogP contribution in [0, 0.1) is 0 Å². The molecule has 1 aromatic heterocycles. The van der Waals surface area contributed by atoms with Crippen molar-refractivity contribution in [2.75, 3.05) is 6.54 Å². The summed E-state index contributed by atoms with van der Waals surface area (Å²) in [5.74, 6) is -1.60. The molecular weight excluding hydrogens is 330 g/mol. The molecule has 4 amide bonds. The third kappa shape index (κ3) is 2.85. The highest BCUT2D eigenvalue weighted by atomic mass is 35.5. The maximum atomic E-state index is 12.4. The van der Waals surface area contributed by atoms with Gasteiger partial charge < -0.3 is 0 Å². The fourth-order valence-electron chi connectivity index (χ4n) is 2.62. The van der Waals surface area contributed by atoms with Crippen molar-refractivity contribution in [2.45, 2.75) is 26.3 Å². The number of fused-ring (bicyclic) bond motifs is 1. The van der Waals surface area contributed by atoms with Gasteiger partial charge in [-0.1, -0.05) is 43.1 Å². The molecule has 0 unspecified atom stereocenters. The fourth-order valence-corrected chi connectivity index (χ4v) is 2.83. The number of carbonyl (C=O) groups is 3. The summed E-state index contributed by atoms with van der Waals surface area (Å²) >= 11 is 6.17. The molecule has 0 N–H and O–H groups in total. The number of hydrogen-bond donors (Lipinski definition) is 0. The Balaban J connectivity index is 1.88. The topological polar surface area (TPSA) is 70.6 Å². The minimum Gasteiger partial charge on any atom is -0.263 e. The third-order valence-corrected chi connectivity index (χ3v) is 4.28. The first kappa shape index (κ1) is 16.4. The van der Waals surface area contributed by atoms with E-state index < -0.39 is 17.8 Å². The van der Waals surface area contributed by atoms with Crippen molar-refractivity contribution in [1.82, 2.24) is 14.8 Å². The fraction of sp³-hybridized carbons (Fsp3) is 0.294. The smallest absolute Gasteiger partial charge is 0.263 e. The molecule has 3 rings (SSSR count). The van der Waals surface area contributed by atoms with E-state index in [0.29, 0.717) is 12.0 Å². The average Bonchev–Trinajstić information content (AvgIpc) is 2.77. The summed E-state index contributed by atoms with van der Waals surface area (Å²) in [7, 11) is 0. The molecule has 2 heterocycles. The summed E-state index contributed by atoms with van der Waals surface area (Å²) in [6, 6.07) is 8.60. The molecule has 1 fully saturated rings. The van der Waals surface area contributed by atoms with Crippen LogP contribution >= 0.6 is 11.6 Å². The van der Waals surface area contributed by atoms with Crippen molar-refractivity contribution in [3.63, 3.8) is 0 Å². The molecule has 0 aliphatic carbocycles. The molecule has 0 radical (unpaired) electrons. The maximum absolute atomic E-state index is 12.4. The third-order valence-electron chi connectivity index (χ3n) is 3.95. The second-order valence-corrected chi connectivity index (χ2v) is 5.97. The Morgan fingerprint density at radius 1 is 1.08 bits per heavy atom. The lowest BCUT2D eigenvalue weighted by Gasteiger charge is -2.16. The van der Waals surface area contributed by atoms with Gasteiger partial charge in [-0.15, -0.1) is 0 Å². The van der Waals surface area contributed by atoms with Crippen LogP contribution in [0.2, 0.25) is 5.15 Å². The van der Waals surface area contributed by atoms with Gasteiger partial charge in [0.2, 0.25) is 0 Å². The predicted molar refractivity (Wildman–Crippen MR) is 89.3 cm³/mol. The average molecular weight is 346 g/mol. The van der Waals surface area contributed by atoms with Crippen LogP contribution in [-0.4, -0.2) is 39.2 Å². The zero-order valence-corrected chi connectivity index (χ0v) is 13.9. The van der Waals surface area contributed by atoms with Crippen molar-refractivity contribution < 1.29 is 14.4 Å². The van der Waals surface area contributed by atoms with Gasteiger partial charge in [0.05, 0.1) is 12.1 Å². The molecule has 6 nitrogen and oxygen atoms in total. The first-order valence-electron chi connectivity index (χ1n) is 7.74. The predicted octanol–water partition coefficient (Wildman–Crippen LogP) is 2.98. The second kappa shape index (κ2) is 6.57. The number of benzene rings is 1. The molecule has 0 bridgehead atoms. The number of halogens is 1. The van der Waals surface area contributed by atoms with Crippen molar-refractivity contribution in [3.8, 4) is 0 Å². The largest absolute Gasteiger partial charge is 0.334 e. The van der Waals surface area contributed by atoms with E-state index in [2.05, 4.69) is 4.98 Å². The van der Waals surface area contributed by atoms with E-state index >= 15 is 0 Å². The molecule has 124 valence electrons. The number of urea groups is 1. The van der Waals surface area contributed by atoms with Crippen molar-refractivity contribution >= 4 is 40.3 Å². The van der Waals surface area contributed by atoms with E-state index in [9.17, 15) is 14.4 Å². The first-order chi connectivity index (χ1) is 11.5. The SMILES string of the molecule is CCCCN1C(=O)C(=O)N(Cc2cc3ccccc3nc2Cl)C1=O. The number of imide groups is 2. The van der Waals surface area contributed by atoms with E-state index in [1.54, 1.807) is 6.07 Å². The first-order valence-corrected chi connectivity index (χ1v) is 8.12. The normalized spacial score (nSPS) is 15.0. The van der Waals surface area contributed by atoms with E-state index in [4.69, 9.17) is 11.6 Å². The molecule has 1 saturated heterocycles. The van der Waals surface area contributed by atoms with Gasteiger partial charge in [-0.3, -0.25) is 19.4 Å². The van der Waals surface area contributed by atoms with Gasteiger partial charge in [0.1, 0.15) is 5.15 Å². The van der Waals surface area contributed by atoms with Gasteiger partial charge in [0.25, 0.3) is 0 Å². The van der Waals surface area contributed by atoms with Crippen LogP contribution in [0.1, 0.15) is 25.3 Å². The van der Waals surface area contributed by atoms with Crippen LogP contribution in [0.5, 0.6) is 0 Å². The molecular formula is C17H16ClN3O3. The van der Waals surface area contributed by atoms with E-state index in [1.807, 2.05) is 31.2 Å². The lowest BCUT2D eigenvalue weighted by molar-refractivity contribution is -0.143. The van der Waals surface area contributed by atoms with Gasteiger partial charge >= 0.3 is 17.8 Å². The van der Waals surface area contributed by atoms with Gasteiger partial charge in [-0.2, -0.15) is 0 Å². The highest BCUT2D eigenvalue weighted by molar-refractivity contribution is 6.44. The van der Waals surface area contributed by atoms with Gasteiger partial charge in [0, 0.05) is 17.5 Å². The summed E-state index contributed by atoms with van der Waals surface area (Å²) in [5, 5.41) is 1.07. The maximum Gasteiger partial charge on any atom is 0.334 e. The number of amides is 4. The summed E-state index contributed by atoms with van der Waals surface area (Å²) in [6.07, 6.45) is 1.49. The number of rotatable bonds is 5. The molecule has 1 aromatic carbocycles. The van der Waals surface area contributed by atoms with Crippen LogP contribution in [0.3, 0.4) is 0 Å². The van der Waals surface area contributed by atoms with Crippen LogP contribution in [0.4, 0.5) is 4.79 Å². The Morgan fingerprint density at radius 3 is 2.54 bits per heavy atom. The van der Waals surface area contributed by atoms with Crippen molar-refractivity contribution in [1.29, 1.82) is 0 Å². The summed E-state index contributed by atoms with van der Waals surface area (Å²) in [5.41, 5.74) is 1.26. The van der Waals surface area contributed by atoms with E-state index in [-0.39, 0.29) is 18.2 Å². The second-order valence-electron chi connectivity index (χ2n) is 5.62. The molecule has 24 heavy (non-hydrogen) atoms. The summed E-state index contributed by atoms with van der Waals surface area (Å²) in [6.45, 7) is 2.13. The lowest BCUT2D eigenvalue weighted by atomic mass is 10.1. The number of carbonyl (C=O) groups excluding carboxylic acids is 3. The van der Waals surface area contributed by atoms with Crippen molar-refractivity contribution in [3.05, 3.63) is 41.0 Å². The monoisotopic (exact) mass is 345 g/mol. The van der Waals surface area contributed by atoms with Gasteiger partial charge in [-0.05, 0) is 18.6 Å². The van der Waals surface area contributed by atoms with Gasteiger partial charge in [0.15, 0.2) is 0 Å². The Morgan fingerprint density at radius 2 is 1.79 bits per heavy atom. The Hall–Kier alpha value is -2.47. The molecule has 1 aliphatic rings. The Labute approximate surface area is 144 Å². The minimum atomic E-state index is -0.819. The zero-order chi connectivity index (χ0) is 17.3. The molecule has 0 atom stereocenters. The molecule has 1 aliphatic heterocycles. The lowest BCUT2D eigenvalue weighted by Crippen LogP contribution is -2.33. The van der Waals surface area contributed by atoms with E-state index in [0.717, 1.165) is 27.1 Å². The highest BCUT2D eigenvalue weighted by Crippen LogP contribution is 2.24. The quantitative estimate of drug-likeness (QED) is 0.474. The molecule has 0 spiro atoms. The standard InChI is InChI=1S/C17H16ClN3O3/c1-2-3-8-20-15(22)16(23)21(17(20)24)10-12-9-11-6-4-5-7-13(11)19-14(12)18/h4-7,9H,2-3,8,10H2,1H3. The summed E-state index contributed by atoms with van der Waals surface area (Å²) in [4.78, 5) is 42.7. The number of aromatic nitrogens is 1. The van der Waals surface area contributed by atoms with Gasteiger partial charge in [-0.25, -0.2) is 9.78 Å². The molecule has 2 aromatic rings. The molecule has 0 saturated carbocycles. The number of pyridine rings is 1. The van der Waals surface area contributed by atoms with E-state index in [1.165, 1.54) is 0 Å². The number of hydrogen-bond acceptors (Lipinski definition) is 4. The van der Waals surface area contributed by atoms with Crippen LogP contribution in [0.15, 0.2) is 30.3 Å². The van der Waals surface area contributed by atoms with Crippen LogP contribution < -0.4 is 0 Å². The Kier molecular flexibility index (Phi) is 4.49. The Bertz CT molecular complexity index is 837. The zero-order valence-electron chi connectivity index (χ0n) is 13.2. The number of para-hydroxylation sites is 1. The number of unbranched alkanes of at least 4 members (excludes halogenated alkanes) is 1. The minimum absolute atomic E-state index is 0.0668. The van der Waals surface area contributed by atoms with Crippen LogP contribution in [0.25, 0.3) is 10.9 Å².